The van der Waals surface area contributed by atoms with Gasteiger partial charge in [0.05, 0.1) is 9.79 Å². The van der Waals surface area contributed by atoms with Crippen LogP contribution in [0.5, 0.6) is 0 Å². The highest BCUT2D eigenvalue weighted by atomic mass is 79.9. The van der Waals surface area contributed by atoms with Gasteiger partial charge in [0, 0.05) is 35.5 Å². The molecule has 8 nitrogen and oxygen atoms in total. The lowest BCUT2D eigenvalue weighted by molar-refractivity contribution is 0.102. The fourth-order valence-electron chi connectivity index (χ4n) is 2.87. The van der Waals surface area contributed by atoms with Crippen molar-refractivity contribution in [3.63, 3.8) is 0 Å². The second-order valence-corrected chi connectivity index (χ2v) is 12.1. The van der Waals surface area contributed by atoms with Crippen LogP contribution < -0.4 is 10.0 Å². The maximum atomic E-state index is 12.6. The molecule has 0 radical (unpaired) electrons. The summed E-state index contributed by atoms with van der Waals surface area (Å²) >= 11 is 3.26. The lowest BCUT2D eigenvalue weighted by Crippen LogP contribution is -2.23. The molecule has 0 aliphatic carbocycles. The monoisotopic (exact) mass is 551 g/mol. The maximum absolute atomic E-state index is 12.6. The molecule has 33 heavy (non-hydrogen) atoms. The average Bonchev–Trinajstić information content (AvgIpc) is 2.75. The van der Waals surface area contributed by atoms with Gasteiger partial charge in [-0.15, -0.1) is 0 Å². The molecule has 0 atom stereocenters. The van der Waals surface area contributed by atoms with Crippen LogP contribution in [0.1, 0.15) is 15.9 Å². The van der Waals surface area contributed by atoms with Crippen molar-refractivity contribution in [2.45, 2.75) is 16.7 Å². The molecule has 3 rings (SSSR count). The summed E-state index contributed by atoms with van der Waals surface area (Å²) in [6.45, 7) is 1.68. The molecule has 0 heterocycles. The van der Waals surface area contributed by atoms with Crippen LogP contribution in [0, 0.1) is 6.92 Å². The van der Waals surface area contributed by atoms with E-state index in [0.717, 1.165) is 8.78 Å². The third-order valence-corrected chi connectivity index (χ3v) is 8.61. The van der Waals surface area contributed by atoms with E-state index in [2.05, 4.69) is 26.0 Å². The van der Waals surface area contributed by atoms with Crippen molar-refractivity contribution in [3.05, 3.63) is 82.3 Å². The van der Waals surface area contributed by atoms with E-state index >= 15 is 0 Å². The molecule has 11 heteroatoms. The number of sulfonamides is 2. The van der Waals surface area contributed by atoms with E-state index in [9.17, 15) is 21.6 Å². The summed E-state index contributed by atoms with van der Waals surface area (Å²) in [7, 11) is -4.56. The molecule has 0 aliphatic heterocycles. The quantitative estimate of drug-likeness (QED) is 0.459. The molecule has 0 saturated carbocycles. The minimum atomic E-state index is -3.77. The fraction of sp³-hybridized carbons (Fsp3) is 0.136. The van der Waals surface area contributed by atoms with Gasteiger partial charge < -0.3 is 5.32 Å². The number of carbonyl (C=O) groups excluding carboxylic acids is 1. The number of rotatable bonds is 7. The zero-order valence-electron chi connectivity index (χ0n) is 18.0. The lowest BCUT2D eigenvalue weighted by atomic mass is 10.2. The Morgan fingerprint density at radius 2 is 1.42 bits per heavy atom. The number of nitrogens with zero attached hydrogens (tertiary/aromatic N) is 1. The van der Waals surface area contributed by atoms with Crippen LogP contribution in [0.3, 0.4) is 0 Å². The number of amides is 1. The number of halogens is 1. The summed E-state index contributed by atoms with van der Waals surface area (Å²) in [5.74, 6) is -0.464. The van der Waals surface area contributed by atoms with Crippen molar-refractivity contribution in [1.82, 2.24) is 4.31 Å². The molecule has 0 saturated heterocycles. The Kier molecular flexibility index (Phi) is 7.27. The van der Waals surface area contributed by atoms with Gasteiger partial charge in [-0.3, -0.25) is 9.52 Å². The molecule has 0 bridgehead atoms. The van der Waals surface area contributed by atoms with Gasteiger partial charge in [0.25, 0.3) is 15.9 Å². The molecule has 2 N–H and O–H groups in total. The number of benzene rings is 3. The van der Waals surface area contributed by atoms with Gasteiger partial charge >= 0.3 is 0 Å². The van der Waals surface area contributed by atoms with E-state index in [1.807, 2.05) is 0 Å². The van der Waals surface area contributed by atoms with Gasteiger partial charge in [0.2, 0.25) is 10.0 Å². The molecule has 1 amide bonds. The van der Waals surface area contributed by atoms with Gasteiger partial charge in [0.1, 0.15) is 0 Å². The van der Waals surface area contributed by atoms with Crippen molar-refractivity contribution < 1.29 is 21.6 Å². The maximum Gasteiger partial charge on any atom is 0.261 e. The van der Waals surface area contributed by atoms with E-state index in [1.54, 1.807) is 31.2 Å². The predicted molar refractivity (Wildman–Crippen MR) is 131 cm³/mol. The zero-order chi connectivity index (χ0) is 24.4. The van der Waals surface area contributed by atoms with E-state index < -0.39 is 26.0 Å². The molecule has 0 aromatic heterocycles. The fourth-order valence-corrected chi connectivity index (χ4v) is 5.34. The van der Waals surface area contributed by atoms with Crippen molar-refractivity contribution >= 4 is 53.3 Å². The molecule has 3 aromatic rings. The summed E-state index contributed by atoms with van der Waals surface area (Å²) in [6.07, 6.45) is 0. The first-order valence-electron chi connectivity index (χ1n) is 9.63. The van der Waals surface area contributed by atoms with Crippen LogP contribution in [0.4, 0.5) is 11.4 Å². The summed E-state index contributed by atoms with van der Waals surface area (Å²) in [6, 6.07) is 16.7. The highest BCUT2D eigenvalue weighted by Gasteiger charge is 2.21. The Bertz CT molecular complexity index is 1390. The molecule has 174 valence electrons. The van der Waals surface area contributed by atoms with Crippen molar-refractivity contribution in [2.24, 2.45) is 0 Å². The Labute approximate surface area is 201 Å². The minimum absolute atomic E-state index is 0.1000. The third-order valence-electron chi connectivity index (χ3n) is 4.73. The largest absolute Gasteiger partial charge is 0.322 e. The standard InChI is InChI=1S/C22H22BrN3O5S2/c1-15-4-9-19(14-21(15)33(30,31)26(2)3)24-22(27)16-5-10-18(11-6-16)25-32(28,29)20-12-7-17(23)8-13-20/h4-14,25H,1-3H3,(H,24,27). The third kappa shape index (κ3) is 5.80. The highest BCUT2D eigenvalue weighted by Crippen LogP contribution is 2.23. The van der Waals surface area contributed by atoms with E-state index in [-0.39, 0.29) is 15.4 Å². The number of hydrogen-bond acceptors (Lipinski definition) is 5. The number of hydrogen-bond donors (Lipinski definition) is 2. The summed E-state index contributed by atoms with van der Waals surface area (Å²) in [4.78, 5) is 12.8. The predicted octanol–water partition coefficient (Wildman–Crippen LogP) is 4.06. The Morgan fingerprint density at radius 3 is 2.00 bits per heavy atom. The van der Waals surface area contributed by atoms with Crippen LogP contribution in [-0.4, -0.2) is 41.1 Å². The lowest BCUT2D eigenvalue weighted by Gasteiger charge is -2.15. The number of carbonyl (C=O) groups is 1. The van der Waals surface area contributed by atoms with Crippen LogP contribution in [0.15, 0.2) is 81.0 Å². The Hall–Kier alpha value is -2.73. The second-order valence-electron chi connectivity index (χ2n) is 7.36. The first-order chi connectivity index (χ1) is 15.4. The van der Waals surface area contributed by atoms with E-state index in [4.69, 9.17) is 0 Å². The van der Waals surface area contributed by atoms with E-state index in [0.29, 0.717) is 16.9 Å². The molecule has 0 spiro atoms. The van der Waals surface area contributed by atoms with Gasteiger partial charge in [-0.05, 0) is 73.2 Å². The minimum Gasteiger partial charge on any atom is -0.322 e. The van der Waals surface area contributed by atoms with Crippen molar-refractivity contribution in [1.29, 1.82) is 0 Å². The zero-order valence-corrected chi connectivity index (χ0v) is 21.3. The molecule has 0 fully saturated rings. The van der Waals surface area contributed by atoms with Crippen LogP contribution in [0.2, 0.25) is 0 Å². The normalized spacial score (nSPS) is 11.9. The Morgan fingerprint density at radius 1 is 0.848 bits per heavy atom. The number of aryl methyl sites for hydroxylation is 1. The molecule has 0 unspecified atom stereocenters. The average molecular weight is 552 g/mol. The van der Waals surface area contributed by atoms with Crippen molar-refractivity contribution in [2.75, 3.05) is 24.1 Å². The van der Waals surface area contributed by atoms with Crippen LogP contribution in [-0.2, 0) is 20.0 Å². The molecule has 0 aliphatic rings. The first-order valence-corrected chi connectivity index (χ1v) is 13.3. The van der Waals surface area contributed by atoms with Gasteiger partial charge in [0.15, 0.2) is 0 Å². The highest BCUT2D eigenvalue weighted by molar-refractivity contribution is 9.10. The van der Waals surface area contributed by atoms with Crippen LogP contribution in [0.25, 0.3) is 0 Å². The van der Waals surface area contributed by atoms with E-state index in [1.165, 1.54) is 56.6 Å². The molecular formula is C22H22BrN3O5S2. The second kappa shape index (κ2) is 9.64. The molecular weight excluding hydrogens is 530 g/mol. The summed E-state index contributed by atoms with van der Waals surface area (Å²) in [5.41, 5.74) is 1.46. The SMILES string of the molecule is Cc1ccc(NC(=O)c2ccc(NS(=O)(=O)c3ccc(Br)cc3)cc2)cc1S(=O)(=O)N(C)C. The number of anilines is 2. The summed E-state index contributed by atoms with van der Waals surface area (Å²) in [5, 5.41) is 2.67. The van der Waals surface area contributed by atoms with Gasteiger partial charge in [-0.1, -0.05) is 22.0 Å². The smallest absolute Gasteiger partial charge is 0.261 e. The summed E-state index contributed by atoms with van der Waals surface area (Å²) < 4.78 is 54.3. The first kappa shape index (κ1) is 24.9. The number of nitrogens with one attached hydrogen (secondary N) is 2. The van der Waals surface area contributed by atoms with Gasteiger partial charge in [-0.25, -0.2) is 21.1 Å². The van der Waals surface area contributed by atoms with Crippen LogP contribution >= 0.6 is 15.9 Å². The molecule has 3 aromatic carbocycles. The topological polar surface area (TPSA) is 113 Å². The van der Waals surface area contributed by atoms with Crippen molar-refractivity contribution in [3.8, 4) is 0 Å². The Balaban J connectivity index is 1.75. The van der Waals surface area contributed by atoms with Gasteiger partial charge in [-0.2, -0.15) is 0 Å².